The first-order chi connectivity index (χ1) is 8.58. The number of carboxylic acids is 1. The molecular weight excluding hydrogens is 296 g/mol. The van der Waals surface area contributed by atoms with E-state index in [2.05, 4.69) is 15.9 Å². The summed E-state index contributed by atoms with van der Waals surface area (Å²) < 4.78 is 6.57. The zero-order chi connectivity index (χ0) is 13.1. The van der Waals surface area contributed by atoms with E-state index in [-0.39, 0.29) is 0 Å². The van der Waals surface area contributed by atoms with Gasteiger partial charge in [-0.3, -0.25) is 4.79 Å². The molecule has 1 aromatic rings. The first-order valence-electron chi connectivity index (χ1n) is 6.23. The molecule has 18 heavy (non-hydrogen) atoms. The number of carboxylic acid groups (broad SMARTS) is 1. The standard InChI is InChI=1S/C14H17BrO3/c1-9(14(16)17)11-5-6-13(12(15)7-11)18-8-10-3-2-4-10/h5-7,9-10H,2-4,8H2,1H3,(H,16,17). The summed E-state index contributed by atoms with van der Waals surface area (Å²) in [6, 6.07) is 5.49. The van der Waals surface area contributed by atoms with E-state index in [4.69, 9.17) is 9.84 Å². The molecule has 1 atom stereocenters. The van der Waals surface area contributed by atoms with E-state index in [0.29, 0.717) is 5.92 Å². The number of halogens is 1. The van der Waals surface area contributed by atoms with Gasteiger partial charge in [-0.1, -0.05) is 12.5 Å². The minimum absolute atomic E-state index is 0.498. The second-order valence-electron chi connectivity index (χ2n) is 4.86. The minimum Gasteiger partial charge on any atom is -0.492 e. The second kappa shape index (κ2) is 5.74. The molecule has 1 aliphatic carbocycles. The van der Waals surface area contributed by atoms with Crippen molar-refractivity contribution in [2.24, 2.45) is 5.92 Å². The molecule has 0 amide bonds. The lowest BCUT2D eigenvalue weighted by molar-refractivity contribution is -0.138. The van der Waals surface area contributed by atoms with E-state index in [1.54, 1.807) is 6.92 Å². The Morgan fingerprint density at radius 3 is 2.78 bits per heavy atom. The third-order valence-electron chi connectivity index (χ3n) is 3.53. The number of carbonyl (C=O) groups is 1. The number of rotatable bonds is 5. The highest BCUT2D eigenvalue weighted by Crippen LogP contribution is 2.32. The summed E-state index contributed by atoms with van der Waals surface area (Å²) in [5, 5.41) is 8.96. The SMILES string of the molecule is CC(C(=O)O)c1ccc(OCC2CCC2)c(Br)c1. The molecule has 3 nitrogen and oxygen atoms in total. The summed E-state index contributed by atoms with van der Waals surface area (Å²) in [5.74, 6) is 0.171. The van der Waals surface area contributed by atoms with Crippen LogP contribution < -0.4 is 4.74 Å². The highest BCUT2D eigenvalue weighted by Gasteiger charge is 2.19. The molecule has 1 aromatic carbocycles. The van der Waals surface area contributed by atoms with E-state index in [0.717, 1.165) is 22.4 Å². The predicted molar refractivity (Wildman–Crippen MR) is 73.0 cm³/mol. The van der Waals surface area contributed by atoms with Crippen LogP contribution in [0.15, 0.2) is 22.7 Å². The fourth-order valence-corrected chi connectivity index (χ4v) is 2.42. The van der Waals surface area contributed by atoms with E-state index >= 15 is 0 Å². The fourth-order valence-electron chi connectivity index (χ4n) is 1.91. The zero-order valence-electron chi connectivity index (χ0n) is 10.4. The molecule has 0 radical (unpaired) electrons. The van der Waals surface area contributed by atoms with Gasteiger partial charge in [-0.05, 0) is 59.3 Å². The quantitative estimate of drug-likeness (QED) is 0.899. The van der Waals surface area contributed by atoms with Gasteiger partial charge in [0.1, 0.15) is 5.75 Å². The van der Waals surface area contributed by atoms with Crippen LogP contribution >= 0.6 is 15.9 Å². The van der Waals surface area contributed by atoms with Gasteiger partial charge in [0.15, 0.2) is 0 Å². The third-order valence-corrected chi connectivity index (χ3v) is 4.15. The van der Waals surface area contributed by atoms with Crippen molar-refractivity contribution in [2.75, 3.05) is 6.61 Å². The van der Waals surface area contributed by atoms with Crippen LogP contribution in [0.5, 0.6) is 5.75 Å². The Balaban J connectivity index is 2.02. The molecule has 2 rings (SSSR count). The summed E-state index contributed by atoms with van der Waals surface area (Å²) in [6.45, 7) is 2.44. The first kappa shape index (κ1) is 13.4. The van der Waals surface area contributed by atoms with Gasteiger partial charge in [0.2, 0.25) is 0 Å². The van der Waals surface area contributed by atoms with Crippen LogP contribution in [0.3, 0.4) is 0 Å². The Bertz CT molecular complexity index is 441. The smallest absolute Gasteiger partial charge is 0.310 e. The molecule has 1 aliphatic rings. The number of ether oxygens (including phenoxy) is 1. The highest BCUT2D eigenvalue weighted by molar-refractivity contribution is 9.10. The van der Waals surface area contributed by atoms with Gasteiger partial charge in [0.25, 0.3) is 0 Å². The van der Waals surface area contributed by atoms with E-state index in [1.165, 1.54) is 19.3 Å². The summed E-state index contributed by atoms with van der Waals surface area (Å²) in [7, 11) is 0. The number of aliphatic carboxylic acids is 1. The van der Waals surface area contributed by atoms with Crippen molar-refractivity contribution >= 4 is 21.9 Å². The number of hydrogen-bond donors (Lipinski definition) is 1. The molecule has 0 aromatic heterocycles. The molecule has 0 aliphatic heterocycles. The highest BCUT2D eigenvalue weighted by atomic mass is 79.9. The van der Waals surface area contributed by atoms with Crippen LogP contribution in [0.25, 0.3) is 0 Å². The molecule has 0 spiro atoms. The van der Waals surface area contributed by atoms with Crippen molar-refractivity contribution < 1.29 is 14.6 Å². The second-order valence-corrected chi connectivity index (χ2v) is 5.71. The van der Waals surface area contributed by atoms with Gasteiger partial charge < -0.3 is 9.84 Å². The maximum Gasteiger partial charge on any atom is 0.310 e. The van der Waals surface area contributed by atoms with Gasteiger partial charge in [-0.15, -0.1) is 0 Å². The van der Waals surface area contributed by atoms with Crippen LogP contribution in [-0.4, -0.2) is 17.7 Å². The van der Waals surface area contributed by atoms with Crippen molar-refractivity contribution in [3.8, 4) is 5.75 Å². The molecule has 1 unspecified atom stereocenters. The van der Waals surface area contributed by atoms with Crippen LogP contribution in [0.4, 0.5) is 0 Å². The fraction of sp³-hybridized carbons (Fsp3) is 0.500. The molecule has 0 heterocycles. The van der Waals surface area contributed by atoms with Crippen LogP contribution in [0, 0.1) is 5.92 Å². The van der Waals surface area contributed by atoms with Crippen molar-refractivity contribution in [3.05, 3.63) is 28.2 Å². The lowest BCUT2D eigenvalue weighted by Crippen LogP contribution is -2.19. The van der Waals surface area contributed by atoms with Gasteiger partial charge in [-0.25, -0.2) is 0 Å². The molecule has 1 saturated carbocycles. The minimum atomic E-state index is -0.815. The summed E-state index contributed by atoms with van der Waals surface area (Å²) >= 11 is 3.44. The number of hydrogen-bond acceptors (Lipinski definition) is 2. The van der Waals surface area contributed by atoms with Crippen molar-refractivity contribution in [2.45, 2.75) is 32.1 Å². The maximum absolute atomic E-state index is 10.9. The Morgan fingerprint density at radius 2 is 2.28 bits per heavy atom. The Labute approximate surface area is 115 Å². The average molecular weight is 313 g/mol. The molecule has 0 saturated heterocycles. The van der Waals surface area contributed by atoms with Gasteiger partial charge >= 0.3 is 5.97 Å². The van der Waals surface area contributed by atoms with E-state index in [9.17, 15) is 4.79 Å². The maximum atomic E-state index is 10.9. The molecule has 0 bridgehead atoms. The average Bonchev–Trinajstić information content (AvgIpc) is 2.27. The summed E-state index contributed by atoms with van der Waals surface area (Å²) in [5.41, 5.74) is 0.783. The monoisotopic (exact) mass is 312 g/mol. The summed E-state index contributed by atoms with van der Waals surface area (Å²) in [6.07, 6.45) is 3.82. The number of benzene rings is 1. The molecule has 1 N–H and O–H groups in total. The summed E-state index contributed by atoms with van der Waals surface area (Å²) in [4.78, 5) is 10.9. The molecule has 98 valence electrons. The molecular formula is C14H17BrO3. The Hall–Kier alpha value is -1.03. The first-order valence-corrected chi connectivity index (χ1v) is 7.02. The van der Waals surface area contributed by atoms with Crippen LogP contribution in [0.1, 0.15) is 37.7 Å². The van der Waals surface area contributed by atoms with Crippen molar-refractivity contribution in [3.63, 3.8) is 0 Å². The van der Waals surface area contributed by atoms with Crippen molar-refractivity contribution in [1.82, 2.24) is 0 Å². The van der Waals surface area contributed by atoms with E-state index in [1.807, 2.05) is 18.2 Å². The van der Waals surface area contributed by atoms with Gasteiger partial charge in [0.05, 0.1) is 17.0 Å². The van der Waals surface area contributed by atoms with Crippen LogP contribution in [0.2, 0.25) is 0 Å². The lowest BCUT2D eigenvalue weighted by Gasteiger charge is -2.25. The van der Waals surface area contributed by atoms with Crippen LogP contribution in [-0.2, 0) is 4.79 Å². The normalized spacial score (nSPS) is 17.0. The molecule has 4 heteroatoms. The largest absolute Gasteiger partial charge is 0.492 e. The predicted octanol–water partition coefficient (Wildman–Crippen LogP) is 3.82. The lowest BCUT2D eigenvalue weighted by atomic mass is 9.86. The van der Waals surface area contributed by atoms with Crippen molar-refractivity contribution in [1.29, 1.82) is 0 Å². The Morgan fingerprint density at radius 1 is 1.56 bits per heavy atom. The van der Waals surface area contributed by atoms with Gasteiger partial charge in [-0.2, -0.15) is 0 Å². The molecule has 1 fully saturated rings. The Kier molecular flexibility index (Phi) is 4.27. The third kappa shape index (κ3) is 3.05. The zero-order valence-corrected chi connectivity index (χ0v) is 11.9. The van der Waals surface area contributed by atoms with Gasteiger partial charge in [0, 0.05) is 0 Å². The topological polar surface area (TPSA) is 46.5 Å². The van der Waals surface area contributed by atoms with E-state index < -0.39 is 11.9 Å².